The Morgan fingerprint density at radius 2 is 2.05 bits per heavy atom. The van der Waals surface area contributed by atoms with E-state index in [4.69, 9.17) is 5.11 Å². The molecule has 1 aromatic rings. The number of rotatable bonds is 5. The predicted molar refractivity (Wildman–Crippen MR) is 74.1 cm³/mol. The third-order valence-electron chi connectivity index (χ3n) is 2.14. The van der Waals surface area contributed by atoms with Crippen LogP contribution in [0.3, 0.4) is 0 Å². The molecule has 0 aliphatic rings. The number of carbonyl (C=O) groups is 3. The molecule has 0 saturated carbocycles. The van der Waals surface area contributed by atoms with Crippen molar-refractivity contribution in [2.24, 2.45) is 0 Å². The van der Waals surface area contributed by atoms with Crippen molar-refractivity contribution in [1.29, 1.82) is 0 Å². The second-order valence-corrected chi connectivity index (χ2v) is 6.63. The van der Waals surface area contributed by atoms with Gasteiger partial charge in [-0.15, -0.1) is 23.1 Å². The third-order valence-corrected chi connectivity index (χ3v) is 4.31. The molecule has 0 unspecified atom stereocenters. The van der Waals surface area contributed by atoms with Crippen molar-refractivity contribution in [3.8, 4) is 0 Å². The van der Waals surface area contributed by atoms with Crippen LogP contribution in [-0.2, 0) is 9.59 Å². The zero-order chi connectivity index (χ0) is 14.5. The first-order valence-electron chi connectivity index (χ1n) is 5.33. The number of thioether (sulfide) groups is 1. The van der Waals surface area contributed by atoms with Crippen molar-refractivity contribution in [3.05, 3.63) is 22.4 Å². The minimum atomic E-state index is -1.05. The minimum Gasteiger partial charge on any atom is -0.480 e. The number of hydrogen-bond acceptors (Lipinski definition) is 5. The summed E-state index contributed by atoms with van der Waals surface area (Å²) in [5, 5.41) is 10.6. The molecule has 0 atom stereocenters. The number of nitrogens with one attached hydrogen (secondary N) is 2. The molecule has 0 fully saturated rings. The molecule has 0 aromatic carbocycles. The Morgan fingerprint density at radius 1 is 1.37 bits per heavy atom. The summed E-state index contributed by atoms with van der Waals surface area (Å²) in [5.41, 5.74) is 4.50. The number of thiophene rings is 1. The van der Waals surface area contributed by atoms with Gasteiger partial charge in [0.1, 0.15) is 4.75 Å². The highest BCUT2D eigenvalue weighted by Crippen LogP contribution is 2.23. The summed E-state index contributed by atoms with van der Waals surface area (Å²) in [7, 11) is 0. The lowest BCUT2D eigenvalue weighted by atomic mass is 10.2. The van der Waals surface area contributed by atoms with Crippen LogP contribution in [0.4, 0.5) is 0 Å². The van der Waals surface area contributed by atoms with Gasteiger partial charge in [0.05, 0.1) is 10.6 Å². The summed E-state index contributed by atoms with van der Waals surface area (Å²) >= 11 is 2.24. The lowest BCUT2D eigenvalue weighted by Gasteiger charge is -2.17. The van der Waals surface area contributed by atoms with E-state index in [-0.39, 0.29) is 5.75 Å². The van der Waals surface area contributed by atoms with Gasteiger partial charge in [-0.25, -0.2) is 0 Å². The summed E-state index contributed by atoms with van der Waals surface area (Å²) in [6, 6.07) is 3.36. The van der Waals surface area contributed by atoms with Crippen molar-refractivity contribution < 1.29 is 19.5 Å². The Balaban J connectivity index is 2.33. The van der Waals surface area contributed by atoms with E-state index in [9.17, 15) is 14.4 Å². The summed E-state index contributed by atoms with van der Waals surface area (Å²) in [6.07, 6.45) is 0. The van der Waals surface area contributed by atoms with E-state index in [0.717, 1.165) is 11.8 Å². The molecule has 104 valence electrons. The SMILES string of the molecule is CC(C)(SCC(=O)NNC(=O)c1cccs1)C(=O)O. The lowest BCUT2D eigenvalue weighted by Crippen LogP contribution is -2.43. The first kappa shape index (κ1) is 15.5. The van der Waals surface area contributed by atoms with Crippen LogP contribution in [0.5, 0.6) is 0 Å². The van der Waals surface area contributed by atoms with Crippen LogP contribution in [0.25, 0.3) is 0 Å². The zero-order valence-electron chi connectivity index (χ0n) is 10.4. The van der Waals surface area contributed by atoms with E-state index in [1.165, 1.54) is 25.2 Å². The van der Waals surface area contributed by atoms with E-state index < -0.39 is 22.5 Å². The molecule has 0 aliphatic carbocycles. The first-order valence-corrected chi connectivity index (χ1v) is 7.19. The largest absolute Gasteiger partial charge is 0.480 e. The standard InChI is InChI=1S/C11H14N2O4S2/c1-11(2,10(16)17)19-6-8(14)12-13-9(15)7-4-3-5-18-7/h3-5H,6H2,1-2H3,(H,12,14)(H,13,15)(H,16,17). The molecule has 8 heteroatoms. The molecule has 0 bridgehead atoms. The van der Waals surface area contributed by atoms with Gasteiger partial charge in [0.25, 0.3) is 5.91 Å². The van der Waals surface area contributed by atoms with Crippen LogP contribution < -0.4 is 10.9 Å². The van der Waals surface area contributed by atoms with Crippen LogP contribution in [-0.4, -0.2) is 33.4 Å². The van der Waals surface area contributed by atoms with Crippen LogP contribution in [0, 0.1) is 0 Å². The Bertz CT molecular complexity index is 471. The number of aliphatic carboxylic acids is 1. The van der Waals surface area contributed by atoms with E-state index in [2.05, 4.69) is 10.9 Å². The normalized spacial score (nSPS) is 10.8. The van der Waals surface area contributed by atoms with Gasteiger partial charge < -0.3 is 5.11 Å². The Morgan fingerprint density at radius 3 is 2.58 bits per heavy atom. The lowest BCUT2D eigenvalue weighted by molar-refractivity contribution is -0.138. The van der Waals surface area contributed by atoms with Crippen molar-refractivity contribution in [1.82, 2.24) is 10.9 Å². The average Bonchev–Trinajstić information content (AvgIpc) is 2.87. The molecule has 0 saturated heterocycles. The van der Waals surface area contributed by atoms with Crippen molar-refractivity contribution in [2.75, 3.05) is 5.75 Å². The molecule has 0 radical (unpaired) electrons. The number of hydrogen-bond donors (Lipinski definition) is 3. The first-order chi connectivity index (χ1) is 8.83. The maximum atomic E-state index is 11.5. The molecule has 19 heavy (non-hydrogen) atoms. The number of carboxylic acids is 1. The average molecular weight is 302 g/mol. The van der Waals surface area contributed by atoms with E-state index in [1.54, 1.807) is 17.5 Å². The van der Waals surface area contributed by atoms with E-state index in [0.29, 0.717) is 4.88 Å². The van der Waals surface area contributed by atoms with Gasteiger partial charge in [0.15, 0.2) is 0 Å². The molecule has 1 rings (SSSR count). The molecule has 0 aliphatic heterocycles. The second-order valence-electron chi connectivity index (χ2n) is 4.08. The van der Waals surface area contributed by atoms with Crippen LogP contribution in [0.1, 0.15) is 23.5 Å². The van der Waals surface area contributed by atoms with Gasteiger partial charge in [-0.3, -0.25) is 25.2 Å². The highest BCUT2D eigenvalue weighted by Gasteiger charge is 2.28. The Hall–Kier alpha value is -1.54. The number of carboxylic acid groups (broad SMARTS) is 1. The fourth-order valence-corrected chi connectivity index (χ4v) is 2.25. The van der Waals surface area contributed by atoms with E-state index in [1.807, 2.05) is 0 Å². The molecule has 6 nitrogen and oxygen atoms in total. The summed E-state index contributed by atoms with van der Waals surface area (Å²) in [5.74, 6) is -1.90. The van der Waals surface area contributed by atoms with Gasteiger partial charge in [0, 0.05) is 0 Å². The third kappa shape index (κ3) is 4.92. The summed E-state index contributed by atoms with van der Waals surface area (Å²) in [6.45, 7) is 3.02. The van der Waals surface area contributed by atoms with Crippen molar-refractivity contribution in [2.45, 2.75) is 18.6 Å². The molecule has 0 spiro atoms. The number of carbonyl (C=O) groups excluding carboxylic acids is 2. The van der Waals surface area contributed by atoms with Gasteiger partial charge >= 0.3 is 5.97 Å². The van der Waals surface area contributed by atoms with Crippen molar-refractivity contribution in [3.63, 3.8) is 0 Å². The molecule has 2 amide bonds. The predicted octanol–water partition coefficient (Wildman–Crippen LogP) is 1.11. The quantitative estimate of drug-likeness (QED) is 0.708. The molecular formula is C11H14N2O4S2. The smallest absolute Gasteiger partial charge is 0.319 e. The highest BCUT2D eigenvalue weighted by molar-refractivity contribution is 8.01. The zero-order valence-corrected chi connectivity index (χ0v) is 12.1. The maximum Gasteiger partial charge on any atom is 0.319 e. The van der Waals surface area contributed by atoms with E-state index >= 15 is 0 Å². The van der Waals surface area contributed by atoms with Crippen LogP contribution >= 0.6 is 23.1 Å². The van der Waals surface area contributed by atoms with Crippen molar-refractivity contribution >= 4 is 40.9 Å². The van der Waals surface area contributed by atoms with Gasteiger partial charge in [-0.05, 0) is 25.3 Å². The maximum absolute atomic E-state index is 11.5. The fourth-order valence-electron chi connectivity index (χ4n) is 0.940. The molecular weight excluding hydrogens is 288 g/mol. The second kappa shape index (κ2) is 6.58. The fraction of sp³-hybridized carbons (Fsp3) is 0.364. The van der Waals surface area contributed by atoms with Crippen LogP contribution in [0.2, 0.25) is 0 Å². The monoisotopic (exact) mass is 302 g/mol. The number of hydrazine groups is 1. The minimum absolute atomic E-state index is 0.0516. The van der Waals surface area contributed by atoms with Crippen LogP contribution in [0.15, 0.2) is 17.5 Å². The number of amides is 2. The van der Waals surface area contributed by atoms with Gasteiger partial charge in [-0.1, -0.05) is 6.07 Å². The van der Waals surface area contributed by atoms with Gasteiger partial charge in [-0.2, -0.15) is 0 Å². The topological polar surface area (TPSA) is 95.5 Å². The Kier molecular flexibility index (Phi) is 5.37. The highest BCUT2D eigenvalue weighted by atomic mass is 32.2. The summed E-state index contributed by atoms with van der Waals surface area (Å²) in [4.78, 5) is 34.3. The molecule has 1 aromatic heterocycles. The Labute approximate surface area is 118 Å². The van der Waals surface area contributed by atoms with Gasteiger partial charge in [0.2, 0.25) is 5.91 Å². The molecule has 3 N–H and O–H groups in total. The summed E-state index contributed by atoms with van der Waals surface area (Å²) < 4.78 is -1.05. The molecule has 1 heterocycles.